The normalized spacial score (nSPS) is 1.50. The Morgan fingerprint density at radius 2 is 1.00 bits per heavy atom. The van der Waals surface area contributed by atoms with Crippen LogP contribution >= 0.6 is 34.0 Å². The molecule has 0 aliphatic rings. The van der Waals surface area contributed by atoms with Crippen molar-refractivity contribution in [1.29, 1.82) is 0 Å². The smallest absolute Gasteiger partial charge is 0.0195 e. The lowest BCUT2D eigenvalue weighted by Gasteiger charge is -1.19. The Bertz CT molecular complexity index is 6.00. The van der Waals surface area contributed by atoms with Crippen molar-refractivity contribution in [3.8, 4) is 0 Å². The van der Waals surface area contributed by atoms with E-state index in [4.69, 9.17) is 0 Å². The van der Waals surface area contributed by atoms with Crippen molar-refractivity contribution in [2.75, 3.05) is 7.05 Å². The molecule has 0 fully saturated rings. The highest BCUT2D eigenvalue weighted by molar-refractivity contribution is 8.93. The Hall–Kier alpha value is 0.920. The number of nitrogens with two attached hydrogens (primary N) is 1. The van der Waals surface area contributed by atoms with Crippen LogP contribution in [0.3, 0.4) is 0 Å². The fraction of sp³-hybridized carbons (Fsp3) is 1.00. The molecular formula is CH7Br2N. The predicted molar refractivity (Wildman–Crippen MR) is 30.8 cm³/mol. The van der Waals surface area contributed by atoms with E-state index in [1.54, 1.807) is 0 Å². The summed E-state index contributed by atoms with van der Waals surface area (Å²) in [6.07, 6.45) is 0. The summed E-state index contributed by atoms with van der Waals surface area (Å²) in [6, 6.07) is 0. The molecule has 4 heavy (non-hydrogen) atoms. The Labute approximate surface area is 47.1 Å². The molecule has 0 rings (SSSR count). The Morgan fingerprint density at radius 3 is 1.00 bits per heavy atom. The van der Waals surface area contributed by atoms with E-state index in [0.717, 1.165) is 0 Å². The van der Waals surface area contributed by atoms with Gasteiger partial charge in [0.25, 0.3) is 0 Å². The summed E-state index contributed by atoms with van der Waals surface area (Å²) >= 11 is 0. The van der Waals surface area contributed by atoms with Gasteiger partial charge in [0.1, 0.15) is 0 Å². The molecule has 0 saturated heterocycles. The second-order valence-electron chi connectivity index (χ2n) is 0. The fourth-order valence-electron chi connectivity index (χ4n) is 0. The molecule has 1 nitrogen and oxygen atoms in total. The number of hydrogen-bond donors (Lipinski definition) is 1. The van der Waals surface area contributed by atoms with Crippen molar-refractivity contribution in [3.63, 3.8) is 0 Å². The third kappa shape index (κ3) is 12.7. The van der Waals surface area contributed by atoms with Gasteiger partial charge >= 0.3 is 0 Å². The van der Waals surface area contributed by atoms with E-state index in [0.29, 0.717) is 0 Å². The summed E-state index contributed by atoms with van der Waals surface area (Å²) in [6.45, 7) is 0. The van der Waals surface area contributed by atoms with Gasteiger partial charge in [-0.3, -0.25) is 0 Å². The molecule has 0 heterocycles. The minimum absolute atomic E-state index is 0. The quantitative estimate of drug-likeness (QED) is 0.602. The van der Waals surface area contributed by atoms with Crippen LogP contribution in [0.25, 0.3) is 0 Å². The van der Waals surface area contributed by atoms with Crippen LogP contribution in [0.5, 0.6) is 0 Å². The lowest BCUT2D eigenvalue weighted by atomic mass is 11.6. The van der Waals surface area contributed by atoms with Crippen LogP contribution in [0.2, 0.25) is 0 Å². The molecule has 0 aromatic carbocycles. The zero-order valence-corrected chi connectivity index (χ0v) is 5.82. The molecule has 0 aliphatic heterocycles. The summed E-state index contributed by atoms with van der Waals surface area (Å²) < 4.78 is 0. The predicted octanol–water partition coefficient (Wildman–Crippen LogP) is 0.731. The summed E-state index contributed by atoms with van der Waals surface area (Å²) in [5, 5.41) is 0. The second-order valence-corrected chi connectivity index (χ2v) is 0. The van der Waals surface area contributed by atoms with Gasteiger partial charge in [-0.2, -0.15) is 0 Å². The second kappa shape index (κ2) is 39.5. The Kier molecular flexibility index (Phi) is 202. The molecule has 0 amide bonds. The highest BCUT2D eigenvalue weighted by Gasteiger charge is 0.836. The molecule has 0 radical (unpaired) electrons. The van der Waals surface area contributed by atoms with Crippen molar-refractivity contribution in [1.82, 2.24) is 0 Å². The van der Waals surface area contributed by atoms with Crippen molar-refractivity contribution < 1.29 is 0 Å². The third-order valence-electron chi connectivity index (χ3n) is 0. The van der Waals surface area contributed by atoms with Gasteiger partial charge < -0.3 is 5.73 Å². The van der Waals surface area contributed by atoms with E-state index in [2.05, 4.69) is 5.73 Å². The molecule has 0 atom stereocenters. The molecule has 3 heteroatoms. The molecule has 0 spiro atoms. The minimum Gasteiger partial charge on any atom is -0.333 e. The zero-order valence-electron chi connectivity index (χ0n) is 2.39. The van der Waals surface area contributed by atoms with Gasteiger partial charge in [-0.1, -0.05) is 0 Å². The standard InChI is InChI=1S/CH5N.2BrH/c1-2;;/h2H2,1H3;2*1H. The van der Waals surface area contributed by atoms with Crippen molar-refractivity contribution in [3.05, 3.63) is 0 Å². The van der Waals surface area contributed by atoms with Gasteiger partial charge in [0, 0.05) is 0 Å². The zero-order chi connectivity index (χ0) is 2.00. The molecule has 0 aromatic heterocycles. The van der Waals surface area contributed by atoms with E-state index in [-0.39, 0.29) is 34.0 Å². The molecule has 0 bridgehead atoms. The lowest BCUT2D eigenvalue weighted by molar-refractivity contribution is 1.48. The highest BCUT2D eigenvalue weighted by atomic mass is 79.9. The highest BCUT2D eigenvalue weighted by Crippen LogP contribution is 0.847. The first-order valence-corrected chi connectivity index (χ1v) is 0.577. The number of rotatable bonds is 0. The topological polar surface area (TPSA) is 26.0 Å². The van der Waals surface area contributed by atoms with Crippen LogP contribution in [0.15, 0.2) is 0 Å². The Balaban J connectivity index is -0.00000000500. The van der Waals surface area contributed by atoms with Crippen molar-refractivity contribution in [2.24, 2.45) is 5.73 Å². The maximum atomic E-state index is 4.50. The van der Waals surface area contributed by atoms with Crippen LogP contribution in [-0.2, 0) is 0 Å². The fourth-order valence-corrected chi connectivity index (χ4v) is 0. The van der Waals surface area contributed by atoms with Crippen molar-refractivity contribution >= 4 is 34.0 Å². The maximum absolute atomic E-state index is 4.50. The summed E-state index contributed by atoms with van der Waals surface area (Å²) in [7, 11) is 1.50. The molecule has 2 N–H and O–H groups in total. The van der Waals surface area contributed by atoms with E-state index in [1.165, 1.54) is 7.05 Å². The van der Waals surface area contributed by atoms with Crippen LogP contribution in [0, 0.1) is 0 Å². The molecule has 0 unspecified atom stereocenters. The first kappa shape index (κ1) is 20.5. The van der Waals surface area contributed by atoms with Crippen LogP contribution < -0.4 is 5.73 Å². The molecule has 0 saturated carbocycles. The largest absolute Gasteiger partial charge is 0.333 e. The number of halogens is 2. The van der Waals surface area contributed by atoms with E-state index in [9.17, 15) is 0 Å². The molecular weight excluding hydrogens is 186 g/mol. The Morgan fingerprint density at radius 1 is 1.00 bits per heavy atom. The SMILES string of the molecule is Br.Br.CN. The first-order chi connectivity index (χ1) is 1.00. The summed E-state index contributed by atoms with van der Waals surface area (Å²) in [5.41, 5.74) is 4.50. The van der Waals surface area contributed by atoms with Gasteiger partial charge in [0.05, 0.1) is 0 Å². The van der Waals surface area contributed by atoms with Crippen molar-refractivity contribution in [2.45, 2.75) is 0 Å². The van der Waals surface area contributed by atoms with Gasteiger partial charge in [-0.05, 0) is 7.05 Å². The van der Waals surface area contributed by atoms with Crippen LogP contribution in [0.4, 0.5) is 0 Å². The summed E-state index contributed by atoms with van der Waals surface area (Å²) in [5.74, 6) is 0. The number of hydrogen-bond acceptors (Lipinski definition) is 1. The van der Waals surface area contributed by atoms with Crippen LogP contribution in [-0.4, -0.2) is 7.05 Å². The monoisotopic (exact) mass is 191 g/mol. The maximum Gasteiger partial charge on any atom is -0.0195 e. The summed E-state index contributed by atoms with van der Waals surface area (Å²) in [4.78, 5) is 0. The van der Waals surface area contributed by atoms with Gasteiger partial charge in [0.2, 0.25) is 0 Å². The lowest BCUT2D eigenvalue weighted by Crippen LogP contribution is -1.69. The van der Waals surface area contributed by atoms with E-state index < -0.39 is 0 Å². The van der Waals surface area contributed by atoms with E-state index >= 15 is 0 Å². The average Bonchev–Trinajstić information content (AvgIpc) is 1.00. The van der Waals surface area contributed by atoms with E-state index in [1.807, 2.05) is 0 Å². The average molecular weight is 193 g/mol. The van der Waals surface area contributed by atoms with Gasteiger partial charge in [-0.25, -0.2) is 0 Å². The van der Waals surface area contributed by atoms with Gasteiger partial charge in [-0.15, -0.1) is 34.0 Å². The first-order valence-electron chi connectivity index (χ1n) is 0.577. The minimum atomic E-state index is 0. The molecule has 30 valence electrons. The molecule has 0 aliphatic carbocycles. The van der Waals surface area contributed by atoms with Gasteiger partial charge in [0.15, 0.2) is 0 Å². The molecule has 0 aromatic rings. The third-order valence-corrected chi connectivity index (χ3v) is 0. The van der Waals surface area contributed by atoms with Crippen LogP contribution in [0.1, 0.15) is 0 Å².